The minimum Gasteiger partial charge on any atom is -0.457 e. The maximum atomic E-state index is 5.81. The van der Waals surface area contributed by atoms with Crippen molar-refractivity contribution in [1.29, 1.82) is 0 Å². The second-order valence-corrected chi connectivity index (χ2v) is 4.88. The number of hydrogen-bond acceptors (Lipinski definition) is 2. The van der Waals surface area contributed by atoms with Crippen LogP contribution in [0.4, 0.5) is 0 Å². The van der Waals surface area contributed by atoms with E-state index in [2.05, 4.69) is 6.92 Å². The first-order chi connectivity index (χ1) is 10.8. The fraction of sp³-hybridized carbons (Fsp3) is 0.0500. The van der Waals surface area contributed by atoms with Gasteiger partial charge in [0, 0.05) is 0 Å². The molecule has 0 saturated carbocycles. The Balaban J connectivity index is 1.66. The van der Waals surface area contributed by atoms with E-state index in [1.54, 1.807) is 0 Å². The summed E-state index contributed by atoms with van der Waals surface area (Å²) < 4.78 is 11.6. The minimum absolute atomic E-state index is 0.780. The van der Waals surface area contributed by atoms with Crippen molar-refractivity contribution in [2.75, 3.05) is 0 Å². The fourth-order valence-electron chi connectivity index (χ4n) is 2.06. The first-order valence-electron chi connectivity index (χ1n) is 7.22. The molecule has 109 valence electrons. The molecule has 0 amide bonds. The maximum Gasteiger partial charge on any atom is 0.127 e. The molecule has 3 rings (SSSR count). The molecule has 0 atom stereocenters. The van der Waals surface area contributed by atoms with E-state index in [-0.39, 0.29) is 0 Å². The number of ether oxygens (including phenoxy) is 2. The smallest absolute Gasteiger partial charge is 0.127 e. The maximum absolute atomic E-state index is 5.81. The second kappa shape index (κ2) is 6.81. The Morgan fingerprint density at radius 1 is 0.545 bits per heavy atom. The molecule has 0 aromatic heterocycles. The summed E-state index contributed by atoms with van der Waals surface area (Å²) >= 11 is 0. The van der Waals surface area contributed by atoms with E-state index in [0.717, 1.165) is 29.4 Å². The highest BCUT2D eigenvalue weighted by Crippen LogP contribution is 2.26. The first-order valence-corrected chi connectivity index (χ1v) is 7.22. The van der Waals surface area contributed by atoms with Gasteiger partial charge in [-0.3, -0.25) is 0 Å². The molecule has 2 nitrogen and oxygen atoms in total. The molecule has 0 fully saturated rings. The molecule has 0 bridgehead atoms. The number of para-hydroxylation sites is 1. The summed E-state index contributed by atoms with van der Waals surface area (Å²) in [5, 5.41) is 0. The molecular formula is C20H17O2. The molecule has 0 aliphatic carbocycles. The van der Waals surface area contributed by atoms with Crippen LogP contribution in [0.15, 0.2) is 78.9 Å². The van der Waals surface area contributed by atoms with Crippen LogP contribution in [-0.4, -0.2) is 0 Å². The van der Waals surface area contributed by atoms with Gasteiger partial charge in [0.25, 0.3) is 0 Å². The normalized spacial score (nSPS) is 10.2. The third-order valence-electron chi connectivity index (χ3n) is 3.25. The Kier molecular flexibility index (Phi) is 4.40. The van der Waals surface area contributed by atoms with E-state index in [9.17, 15) is 0 Å². The Bertz CT molecular complexity index is 701. The Morgan fingerprint density at radius 2 is 0.955 bits per heavy atom. The third kappa shape index (κ3) is 3.67. The van der Waals surface area contributed by atoms with Gasteiger partial charge in [-0.05, 0) is 67.4 Å². The highest BCUT2D eigenvalue weighted by Gasteiger charge is 2.00. The van der Waals surface area contributed by atoms with Gasteiger partial charge in [0.2, 0.25) is 0 Å². The van der Waals surface area contributed by atoms with Crippen molar-refractivity contribution in [3.63, 3.8) is 0 Å². The lowest BCUT2D eigenvalue weighted by molar-refractivity contribution is 0.469. The molecule has 0 aliphatic rings. The molecular weight excluding hydrogens is 272 g/mol. The highest BCUT2D eigenvalue weighted by atomic mass is 16.5. The van der Waals surface area contributed by atoms with Crippen molar-refractivity contribution in [2.24, 2.45) is 0 Å². The van der Waals surface area contributed by atoms with E-state index in [1.165, 1.54) is 5.56 Å². The Morgan fingerprint density at radius 3 is 1.41 bits per heavy atom. The largest absolute Gasteiger partial charge is 0.457 e. The van der Waals surface area contributed by atoms with E-state index in [4.69, 9.17) is 9.47 Å². The average Bonchev–Trinajstić information content (AvgIpc) is 2.58. The fourth-order valence-corrected chi connectivity index (χ4v) is 2.06. The van der Waals surface area contributed by atoms with Crippen molar-refractivity contribution in [3.8, 4) is 23.0 Å². The van der Waals surface area contributed by atoms with Crippen LogP contribution in [0, 0.1) is 6.92 Å². The van der Waals surface area contributed by atoms with Gasteiger partial charge in [-0.15, -0.1) is 0 Å². The lowest BCUT2D eigenvalue weighted by atomic mass is 10.2. The van der Waals surface area contributed by atoms with Crippen LogP contribution in [0.2, 0.25) is 0 Å². The predicted molar refractivity (Wildman–Crippen MR) is 88.5 cm³/mol. The molecule has 1 radical (unpaired) electrons. The van der Waals surface area contributed by atoms with Gasteiger partial charge in [-0.1, -0.05) is 30.3 Å². The van der Waals surface area contributed by atoms with Crippen molar-refractivity contribution < 1.29 is 9.47 Å². The minimum atomic E-state index is 0.780. The summed E-state index contributed by atoms with van der Waals surface area (Å²) in [7, 11) is 0. The van der Waals surface area contributed by atoms with Gasteiger partial charge in [0.1, 0.15) is 23.0 Å². The SMILES string of the molecule is [CH2]Cc1ccc(Oc2ccc(Oc3ccccc3)cc2)cc1. The van der Waals surface area contributed by atoms with Crippen molar-refractivity contribution in [2.45, 2.75) is 6.42 Å². The molecule has 3 aromatic rings. The van der Waals surface area contributed by atoms with Gasteiger partial charge in [0.05, 0.1) is 0 Å². The summed E-state index contributed by atoms with van der Waals surface area (Å²) in [5.41, 5.74) is 1.19. The van der Waals surface area contributed by atoms with Crippen LogP contribution in [0.25, 0.3) is 0 Å². The summed E-state index contributed by atoms with van der Waals surface area (Å²) in [4.78, 5) is 0. The predicted octanol–water partition coefficient (Wildman–Crippen LogP) is 5.65. The van der Waals surface area contributed by atoms with Crippen LogP contribution in [0.1, 0.15) is 5.56 Å². The average molecular weight is 289 g/mol. The van der Waals surface area contributed by atoms with E-state index < -0.39 is 0 Å². The molecule has 0 unspecified atom stereocenters. The van der Waals surface area contributed by atoms with Gasteiger partial charge in [-0.2, -0.15) is 0 Å². The van der Waals surface area contributed by atoms with Crippen molar-refractivity contribution in [3.05, 3.63) is 91.3 Å². The molecule has 0 N–H and O–H groups in total. The molecule has 3 aromatic carbocycles. The number of benzene rings is 3. The van der Waals surface area contributed by atoms with Crippen LogP contribution in [0.5, 0.6) is 23.0 Å². The van der Waals surface area contributed by atoms with Crippen LogP contribution >= 0.6 is 0 Å². The Hall–Kier alpha value is -2.74. The Labute approximate surface area is 131 Å². The zero-order valence-electron chi connectivity index (χ0n) is 12.2. The standard InChI is InChI=1S/C20H17O2/c1-2-16-8-10-18(11-9-16)22-20-14-12-19(13-15-20)21-17-6-4-3-5-7-17/h3-15H,1-2H2. The van der Waals surface area contributed by atoms with E-state index in [0.29, 0.717) is 0 Å². The quantitative estimate of drug-likeness (QED) is 0.604. The topological polar surface area (TPSA) is 18.5 Å². The molecule has 0 saturated heterocycles. The molecule has 0 spiro atoms. The second-order valence-electron chi connectivity index (χ2n) is 4.88. The third-order valence-corrected chi connectivity index (χ3v) is 3.25. The molecule has 2 heteroatoms. The van der Waals surface area contributed by atoms with Crippen LogP contribution < -0.4 is 9.47 Å². The molecule has 22 heavy (non-hydrogen) atoms. The lowest BCUT2D eigenvalue weighted by Gasteiger charge is -2.08. The summed E-state index contributed by atoms with van der Waals surface area (Å²) in [6.07, 6.45) is 0.784. The summed E-state index contributed by atoms with van der Waals surface area (Å²) in [6.45, 7) is 3.86. The summed E-state index contributed by atoms with van der Waals surface area (Å²) in [5.74, 6) is 3.20. The van der Waals surface area contributed by atoms with Gasteiger partial charge >= 0.3 is 0 Å². The van der Waals surface area contributed by atoms with Crippen molar-refractivity contribution >= 4 is 0 Å². The van der Waals surface area contributed by atoms with E-state index in [1.807, 2.05) is 78.9 Å². The summed E-state index contributed by atoms with van der Waals surface area (Å²) in [6, 6.07) is 25.2. The van der Waals surface area contributed by atoms with Gasteiger partial charge < -0.3 is 9.47 Å². The highest BCUT2D eigenvalue weighted by molar-refractivity contribution is 5.38. The van der Waals surface area contributed by atoms with Crippen LogP contribution in [-0.2, 0) is 6.42 Å². The zero-order valence-corrected chi connectivity index (χ0v) is 12.2. The number of hydrogen-bond donors (Lipinski definition) is 0. The van der Waals surface area contributed by atoms with Crippen LogP contribution in [0.3, 0.4) is 0 Å². The van der Waals surface area contributed by atoms with E-state index >= 15 is 0 Å². The molecule has 0 heterocycles. The van der Waals surface area contributed by atoms with Gasteiger partial charge in [-0.25, -0.2) is 0 Å². The first kappa shape index (κ1) is 14.2. The molecule has 0 aliphatic heterocycles. The zero-order chi connectivity index (χ0) is 15.2. The van der Waals surface area contributed by atoms with Crippen molar-refractivity contribution in [1.82, 2.24) is 0 Å². The van der Waals surface area contributed by atoms with Gasteiger partial charge in [0.15, 0.2) is 0 Å². The number of rotatable bonds is 5. The monoisotopic (exact) mass is 289 g/mol. The lowest BCUT2D eigenvalue weighted by Crippen LogP contribution is -1.87.